The number of nitrogens with zero attached hydrogens (tertiary/aromatic N) is 2. The van der Waals surface area contributed by atoms with E-state index in [-0.39, 0.29) is 17.2 Å². The van der Waals surface area contributed by atoms with Crippen LogP contribution in [-0.4, -0.2) is 15.7 Å². The van der Waals surface area contributed by atoms with Crippen molar-refractivity contribution in [2.75, 3.05) is 5.32 Å². The molecule has 0 aliphatic heterocycles. The van der Waals surface area contributed by atoms with Crippen LogP contribution in [0, 0.1) is 6.92 Å². The maximum absolute atomic E-state index is 13.2. The van der Waals surface area contributed by atoms with Crippen LogP contribution in [0.1, 0.15) is 16.1 Å². The van der Waals surface area contributed by atoms with Gasteiger partial charge in [-0.1, -0.05) is 57.9 Å². The van der Waals surface area contributed by atoms with Gasteiger partial charge in [0.25, 0.3) is 5.91 Å². The van der Waals surface area contributed by atoms with Gasteiger partial charge in [-0.25, -0.2) is 4.68 Å². The van der Waals surface area contributed by atoms with Gasteiger partial charge >= 0.3 is 0 Å². The first-order valence-corrected chi connectivity index (χ1v) is 10.6. The molecule has 0 fully saturated rings. The molecule has 31 heavy (non-hydrogen) atoms. The maximum Gasteiger partial charge on any atom is 0.256 e. The molecule has 1 heterocycles. The summed E-state index contributed by atoms with van der Waals surface area (Å²) in [6.45, 7) is 1.65. The van der Waals surface area contributed by atoms with Crippen molar-refractivity contribution in [3.63, 3.8) is 0 Å². The van der Waals surface area contributed by atoms with E-state index >= 15 is 0 Å². The Labute approximate surface area is 192 Å². The highest BCUT2D eigenvalue weighted by atomic mass is 79.9. The molecule has 4 rings (SSSR count). The first kappa shape index (κ1) is 21.0. The van der Waals surface area contributed by atoms with Crippen molar-refractivity contribution in [3.05, 3.63) is 110 Å². The van der Waals surface area contributed by atoms with Crippen molar-refractivity contribution in [2.45, 2.75) is 6.92 Å². The standard InChI is InChI=1S/C24H17BrClN3O2/c1-15-22(30)21(16-9-13-19(26)14-10-16)23(29(28-15)20-5-3-2-4-6-20)27-24(31)17-7-11-18(25)12-8-17/h2-14H,1H3,(H,27,31). The molecule has 0 spiro atoms. The second-order valence-corrected chi connectivity index (χ2v) is 8.21. The number of halogens is 2. The fourth-order valence-electron chi connectivity index (χ4n) is 3.18. The molecule has 0 aliphatic carbocycles. The largest absolute Gasteiger partial charge is 0.306 e. The number of carbonyl (C=O) groups excluding carboxylic acids is 1. The summed E-state index contributed by atoms with van der Waals surface area (Å²) in [6, 6.07) is 23.2. The minimum atomic E-state index is -0.350. The monoisotopic (exact) mass is 493 g/mol. The predicted octanol–water partition coefficient (Wildman–Crippen LogP) is 5.88. The van der Waals surface area contributed by atoms with Crippen molar-refractivity contribution in [1.82, 2.24) is 9.78 Å². The Bertz CT molecular complexity index is 1300. The summed E-state index contributed by atoms with van der Waals surface area (Å²) in [4.78, 5) is 26.2. The molecule has 0 saturated carbocycles. The average molecular weight is 495 g/mol. The Balaban J connectivity index is 1.94. The van der Waals surface area contributed by atoms with E-state index in [0.717, 1.165) is 4.47 Å². The molecular formula is C24H17BrClN3O2. The number of rotatable bonds is 4. The number of carbonyl (C=O) groups is 1. The summed E-state index contributed by atoms with van der Waals surface area (Å²) >= 11 is 9.42. The zero-order valence-corrected chi connectivity index (χ0v) is 18.8. The fourth-order valence-corrected chi connectivity index (χ4v) is 3.57. The Morgan fingerprint density at radius 2 is 1.61 bits per heavy atom. The van der Waals surface area contributed by atoms with Gasteiger partial charge < -0.3 is 5.32 Å². The lowest BCUT2D eigenvalue weighted by Gasteiger charge is -2.18. The molecule has 0 unspecified atom stereocenters. The molecule has 0 aliphatic rings. The highest BCUT2D eigenvalue weighted by Gasteiger charge is 2.21. The van der Waals surface area contributed by atoms with Gasteiger partial charge in [0, 0.05) is 15.1 Å². The molecule has 5 nitrogen and oxygen atoms in total. The summed E-state index contributed by atoms with van der Waals surface area (Å²) < 4.78 is 2.45. The molecule has 1 aromatic heterocycles. The topological polar surface area (TPSA) is 64.0 Å². The molecule has 0 bridgehead atoms. The first-order valence-electron chi connectivity index (χ1n) is 9.46. The average Bonchev–Trinajstić information content (AvgIpc) is 2.78. The number of para-hydroxylation sites is 1. The Kier molecular flexibility index (Phi) is 6.02. The summed E-state index contributed by atoms with van der Waals surface area (Å²) in [5, 5.41) is 7.93. The van der Waals surface area contributed by atoms with Crippen molar-refractivity contribution in [2.24, 2.45) is 0 Å². The van der Waals surface area contributed by atoms with Crippen LogP contribution in [0.5, 0.6) is 0 Å². The lowest BCUT2D eigenvalue weighted by Crippen LogP contribution is -2.24. The van der Waals surface area contributed by atoms with Gasteiger partial charge in [-0.2, -0.15) is 5.10 Å². The van der Waals surface area contributed by atoms with Crippen LogP contribution < -0.4 is 10.7 Å². The van der Waals surface area contributed by atoms with E-state index in [2.05, 4.69) is 26.3 Å². The molecule has 1 N–H and O–H groups in total. The Morgan fingerprint density at radius 3 is 2.26 bits per heavy atom. The van der Waals surface area contributed by atoms with Gasteiger partial charge in [0.1, 0.15) is 11.5 Å². The number of amides is 1. The third-order valence-corrected chi connectivity index (χ3v) is 5.51. The van der Waals surface area contributed by atoms with Crippen molar-refractivity contribution < 1.29 is 4.79 Å². The van der Waals surface area contributed by atoms with E-state index < -0.39 is 0 Å². The van der Waals surface area contributed by atoms with Crippen LogP contribution in [0.4, 0.5) is 5.82 Å². The maximum atomic E-state index is 13.2. The van der Waals surface area contributed by atoms with E-state index in [1.165, 1.54) is 0 Å². The van der Waals surface area contributed by atoms with Gasteiger partial charge in [0.15, 0.2) is 0 Å². The lowest BCUT2D eigenvalue weighted by atomic mass is 10.0. The van der Waals surface area contributed by atoms with Crippen molar-refractivity contribution in [1.29, 1.82) is 0 Å². The molecule has 4 aromatic rings. The predicted molar refractivity (Wildman–Crippen MR) is 127 cm³/mol. The number of benzene rings is 3. The van der Waals surface area contributed by atoms with E-state index in [1.54, 1.807) is 60.1 Å². The van der Waals surface area contributed by atoms with Gasteiger partial charge in [-0.3, -0.25) is 9.59 Å². The normalized spacial score (nSPS) is 10.7. The number of hydrogen-bond donors (Lipinski definition) is 1. The highest BCUT2D eigenvalue weighted by Crippen LogP contribution is 2.28. The van der Waals surface area contributed by atoms with E-state index in [9.17, 15) is 9.59 Å². The second-order valence-electron chi connectivity index (χ2n) is 6.85. The van der Waals surface area contributed by atoms with Crippen LogP contribution in [0.2, 0.25) is 5.02 Å². The third kappa shape index (κ3) is 4.45. The van der Waals surface area contributed by atoms with Crippen LogP contribution in [0.15, 0.2) is 88.1 Å². The molecular weight excluding hydrogens is 478 g/mol. The quantitative estimate of drug-likeness (QED) is 0.385. The van der Waals surface area contributed by atoms with Gasteiger partial charge in [-0.05, 0) is 61.0 Å². The van der Waals surface area contributed by atoms with Crippen molar-refractivity contribution >= 4 is 39.3 Å². The number of hydrogen-bond acceptors (Lipinski definition) is 3. The van der Waals surface area contributed by atoms with Crippen LogP contribution >= 0.6 is 27.5 Å². The van der Waals surface area contributed by atoms with Gasteiger partial charge in [0.05, 0.1) is 11.3 Å². The van der Waals surface area contributed by atoms with E-state index in [0.29, 0.717) is 33.1 Å². The summed E-state index contributed by atoms with van der Waals surface area (Å²) in [6.07, 6.45) is 0. The Morgan fingerprint density at radius 1 is 0.968 bits per heavy atom. The molecule has 154 valence electrons. The smallest absolute Gasteiger partial charge is 0.256 e. The molecule has 7 heteroatoms. The van der Waals surface area contributed by atoms with Gasteiger partial charge in [-0.15, -0.1) is 0 Å². The van der Waals surface area contributed by atoms with Crippen molar-refractivity contribution in [3.8, 4) is 16.8 Å². The fraction of sp³-hybridized carbons (Fsp3) is 0.0417. The third-order valence-electron chi connectivity index (χ3n) is 4.73. The number of anilines is 1. The number of aromatic nitrogens is 2. The molecule has 0 radical (unpaired) electrons. The highest BCUT2D eigenvalue weighted by molar-refractivity contribution is 9.10. The van der Waals surface area contributed by atoms with Crippen LogP contribution in [0.3, 0.4) is 0 Å². The SMILES string of the molecule is Cc1nn(-c2ccccc2)c(NC(=O)c2ccc(Br)cc2)c(-c2ccc(Cl)cc2)c1=O. The first-order chi connectivity index (χ1) is 14.9. The number of nitrogens with one attached hydrogen (secondary N) is 1. The Hall–Kier alpha value is -3.22. The molecule has 0 atom stereocenters. The molecule has 1 amide bonds. The minimum absolute atomic E-state index is 0.263. The summed E-state index contributed by atoms with van der Waals surface area (Å²) in [5.74, 6) is -0.0607. The molecule has 3 aromatic carbocycles. The summed E-state index contributed by atoms with van der Waals surface area (Å²) in [5.41, 5.74) is 2.20. The van der Waals surface area contributed by atoms with Crippen LogP contribution in [0.25, 0.3) is 16.8 Å². The van der Waals surface area contributed by atoms with Crippen LogP contribution in [-0.2, 0) is 0 Å². The number of aryl methyl sites for hydroxylation is 1. The van der Waals surface area contributed by atoms with E-state index in [4.69, 9.17) is 11.6 Å². The lowest BCUT2D eigenvalue weighted by molar-refractivity contribution is 0.102. The summed E-state index contributed by atoms with van der Waals surface area (Å²) in [7, 11) is 0. The zero-order chi connectivity index (χ0) is 22.0. The minimum Gasteiger partial charge on any atom is -0.306 e. The van der Waals surface area contributed by atoms with Gasteiger partial charge in [0.2, 0.25) is 5.43 Å². The van der Waals surface area contributed by atoms with E-state index in [1.807, 2.05) is 30.3 Å². The zero-order valence-electron chi connectivity index (χ0n) is 16.5. The molecule has 0 saturated heterocycles. The second kappa shape index (κ2) is 8.88.